The van der Waals surface area contributed by atoms with Crippen LogP contribution in [0.4, 0.5) is 0 Å². The van der Waals surface area contributed by atoms with E-state index in [0.717, 1.165) is 21.6 Å². The summed E-state index contributed by atoms with van der Waals surface area (Å²) < 4.78 is 5.18. The third-order valence-corrected chi connectivity index (χ3v) is 9.40. The van der Waals surface area contributed by atoms with Crippen LogP contribution in [0.5, 0.6) is 0 Å². The summed E-state index contributed by atoms with van der Waals surface area (Å²) in [5.41, 5.74) is 0.973. The van der Waals surface area contributed by atoms with E-state index in [0.29, 0.717) is 4.88 Å². The molecule has 0 saturated carbocycles. The second kappa shape index (κ2) is 10.2. The number of thiophene rings is 2. The lowest BCUT2D eigenvalue weighted by molar-refractivity contribution is -0.159. The second-order valence-corrected chi connectivity index (χ2v) is 12.7. The Morgan fingerprint density at radius 2 is 1.73 bits per heavy atom. The van der Waals surface area contributed by atoms with Crippen LogP contribution in [0.3, 0.4) is 0 Å². The van der Waals surface area contributed by atoms with Gasteiger partial charge in [-0.2, -0.15) is 0 Å². The Balaban J connectivity index is 2.01. The minimum Gasteiger partial charge on any atom is -0.479 e. The molecule has 1 fully saturated rings. The van der Waals surface area contributed by atoms with Gasteiger partial charge in [-0.1, -0.05) is 51.1 Å². The number of methoxy groups -OCH3 is 1. The molecular formula is C29H33NO5S2. The first kappa shape index (κ1) is 27.2. The molecule has 1 saturated heterocycles. The fraction of sp³-hybridized carbons (Fsp3) is 0.414. The van der Waals surface area contributed by atoms with E-state index in [1.165, 1.54) is 34.7 Å². The molecule has 3 heterocycles. The van der Waals surface area contributed by atoms with Gasteiger partial charge in [-0.05, 0) is 58.8 Å². The van der Waals surface area contributed by atoms with Crippen molar-refractivity contribution < 1.29 is 24.2 Å². The molecule has 1 aliphatic rings. The van der Waals surface area contributed by atoms with Gasteiger partial charge in [0.25, 0.3) is 0 Å². The van der Waals surface area contributed by atoms with Crippen LogP contribution in [0.1, 0.15) is 70.9 Å². The predicted octanol–water partition coefficient (Wildman–Crippen LogP) is 6.07. The molecular weight excluding hydrogens is 506 g/mol. The molecule has 2 aromatic heterocycles. The van der Waals surface area contributed by atoms with Crippen LogP contribution in [-0.4, -0.2) is 46.9 Å². The first-order valence-corrected chi connectivity index (χ1v) is 14.0. The fourth-order valence-electron chi connectivity index (χ4n) is 5.54. The fourth-order valence-corrected chi connectivity index (χ4v) is 7.32. The van der Waals surface area contributed by atoms with Gasteiger partial charge in [-0.15, -0.1) is 22.7 Å². The number of nitrogens with zero attached hydrogens (tertiary/aromatic N) is 1. The number of rotatable bonds is 7. The number of Topliss-reactive ketones (excluding diaryl/α,β-unsaturated/α-hetero) is 1. The number of aliphatic carboxylic acids is 1. The molecule has 4 unspecified atom stereocenters. The Labute approximate surface area is 225 Å². The molecule has 1 amide bonds. The Morgan fingerprint density at radius 3 is 2.22 bits per heavy atom. The van der Waals surface area contributed by atoms with Crippen molar-refractivity contribution in [2.24, 2.45) is 5.92 Å². The number of ether oxygens (including phenoxy) is 1. The highest BCUT2D eigenvalue weighted by Crippen LogP contribution is 2.58. The molecule has 3 aromatic rings. The van der Waals surface area contributed by atoms with Crippen LogP contribution >= 0.6 is 22.7 Å². The molecule has 0 radical (unpaired) electrons. The Bertz CT molecular complexity index is 1290. The first-order chi connectivity index (χ1) is 17.4. The number of carbonyl (C=O) groups excluding carboxylic acids is 2. The highest BCUT2D eigenvalue weighted by atomic mass is 32.1. The van der Waals surface area contributed by atoms with E-state index in [1.54, 1.807) is 13.0 Å². The minimum atomic E-state index is -1.68. The normalized spacial score (nSPS) is 23.8. The number of likely N-dealkylation sites (tertiary alicyclic amines) is 1. The van der Waals surface area contributed by atoms with Gasteiger partial charge in [0, 0.05) is 17.9 Å². The van der Waals surface area contributed by atoms with Gasteiger partial charge in [-0.25, -0.2) is 4.79 Å². The second-order valence-electron chi connectivity index (χ2n) is 10.8. The minimum absolute atomic E-state index is 0.0897. The summed E-state index contributed by atoms with van der Waals surface area (Å²) in [5, 5.41) is 14.5. The van der Waals surface area contributed by atoms with Crippen molar-refractivity contribution in [2.75, 3.05) is 13.7 Å². The maximum atomic E-state index is 14.2. The molecule has 4 atom stereocenters. The highest BCUT2D eigenvalue weighted by Gasteiger charge is 2.65. The molecule has 196 valence electrons. The number of amides is 1. The zero-order valence-electron chi connectivity index (χ0n) is 22.0. The van der Waals surface area contributed by atoms with Gasteiger partial charge in [-0.3, -0.25) is 9.59 Å². The number of carbonyl (C=O) groups is 3. The van der Waals surface area contributed by atoms with E-state index in [-0.39, 0.29) is 17.8 Å². The summed E-state index contributed by atoms with van der Waals surface area (Å²) >= 11 is 2.77. The van der Waals surface area contributed by atoms with Crippen molar-refractivity contribution in [2.45, 2.75) is 57.5 Å². The zero-order chi connectivity index (χ0) is 27.1. The van der Waals surface area contributed by atoms with E-state index in [9.17, 15) is 19.5 Å². The van der Waals surface area contributed by atoms with E-state index < -0.39 is 35.3 Å². The van der Waals surface area contributed by atoms with Crippen LogP contribution < -0.4 is 0 Å². The zero-order valence-corrected chi connectivity index (χ0v) is 23.6. The lowest BCUT2D eigenvalue weighted by Gasteiger charge is -2.37. The maximum Gasteiger partial charge on any atom is 0.330 e. The Hall–Kier alpha value is -2.81. The van der Waals surface area contributed by atoms with Crippen molar-refractivity contribution in [3.63, 3.8) is 0 Å². The van der Waals surface area contributed by atoms with Crippen LogP contribution in [0, 0.1) is 12.8 Å². The van der Waals surface area contributed by atoms with Crippen molar-refractivity contribution in [1.29, 1.82) is 0 Å². The van der Waals surface area contributed by atoms with Crippen LogP contribution in [0.2, 0.25) is 0 Å². The SMILES string of the molecule is COCC(=O)N1C(c2sccc2C)C(C(=O)c2cccs2)C(c2ccc(C(C)(C)C)cc2)C1(C)C(=O)O. The van der Waals surface area contributed by atoms with Gasteiger partial charge in [0.05, 0.1) is 16.8 Å². The molecule has 8 heteroatoms. The van der Waals surface area contributed by atoms with E-state index in [2.05, 4.69) is 20.8 Å². The summed E-state index contributed by atoms with van der Waals surface area (Å²) in [6.07, 6.45) is 0. The van der Waals surface area contributed by atoms with Gasteiger partial charge < -0.3 is 14.7 Å². The average Bonchev–Trinajstić information content (AvgIpc) is 3.57. The number of aryl methyl sites for hydroxylation is 1. The lowest BCUT2D eigenvalue weighted by Crippen LogP contribution is -2.55. The predicted molar refractivity (Wildman–Crippen MR) is 147 cm³/mol. The largest absolute Gasteiger partial charge is 0.479 e. The van der Waals surface area contributed by atoms with E-state index >= 15 is 0 Å². The molecule has 1 aromatic carbocycles. The average molecular weight is 540 g/mol. The van der Waals surface area contributed by atoms with E-state index in [1.807, 2.05) is 54.1 Å². The topological polar surface area (TPSA) is 83.9 Å². The summed E-state index contributed by atoms with van der Waals surface area (Å²) in [4.78, 5) is 43.8. The summed E-state index contributed by atoms with van der Waals surface area (Å²) in [7, 11) is 1.41. The number of benzene rings is 1. The van der Waals surface area contributed by atoms with Crippen molar-refractivity contribution in [1.82, 2.24) is 4.90 Å². The highest BCUT2D eigenvalue weighted by molar-refractivity contribution is 7.12. The molecule has 6 nitrogen and oxygen atoms in total. The molecule has 0 aliphatic carbocycles. The number of ketones is 1. The molecule has 37 heavy (non-hydrogen) atoms. The maximum absolute atomic E-state index is 14.2. The molecule has 4 rings (SSSR count). The monoisotopic (exact) mass is 539 g/mol. The van der Waals surface area contributed by atoms with Gasteiger partial charge in [0.2, 0.25) is 5.91 Å². The molecule has 0 spiro atoms. The first-order valence-electron chi connectivity index (χ1n) is 12.2. The van der Waals surface area contributed by atoms with Crippen LogP contribution in [0.15, 0.2) is 53.2 Å². The van der Waals surface area contributed by atoms with Crippen molar-refractivity contribution >= 4 is 40.3 Å². The quantitative estimate of drug-likeness (QED) is 0.368. The van der Waals surface area contributed by atoms with Crippen molar-refractivity contribution in [3.05, 3.63) is 79.7 Å². The van der Waals surface area contributed by atoms with Gasteiger partial charge >= 0.3 is 5.97 Å². The summed E-state index contributed by atoms with van der Waals surface area (Å²) in [6.45, 7) is 9.57. The molecule has 1 N–H and O–H groups in total. The molecule has 1 aliphatic heterocycles. The Kier molecular flexibility index (Phi) is 7.48. The van der Waals surface area contributed by atoms with Gasteiger partial charge in [0.1, 0.15) is 12.1 Å². The third kappa shape index (κ3) is 4.67. The van der Waals surface area contributed by atoms with Crippen molar-refractivity contribution in [3.8, 4) is 0 Å². The Morgan fingerprint density at radius 1 is 1.05 bits per heavy atom. The smallest absolute Gasteiger partial charge is 0.330 e. The number of carboxylic acid groups (broad SMARTS) is 1. The standard InChI is InChI=1S/C29H33NO5S2/c1-17-13-15-37-26(17)24-22(25(32)20-8-7-14-36-20)23(18-9-11-19(12-10-18)28(2,3)4)29(5,27(33)34)30(24)21(31)16-35-6/h7-15,22-24H,16H2,1-6H3,(H,33,34). The lowest BCUT2D eigenvalue weighted by atomic mass is 9.72. The van der Waals surface area contributed by atoms with Crippen LogP contribution in [-0.2, 0) is 19.7 Å². The summed E-state index contributed by atoms with van der Waals surface area (Å²) in [5.74, 6) is -3.33. The third-order valence-electron chi connectivity index (χ3n) is 7.43. The number of hydrogen-bond donors (Lipinski definition) is 1. The van der Waals surface area contributed by atoms with E-state index in [4.69, 9.17) is 4.74 Å². The number of hydrogen-bond acceptors (Lipinski definition) is 6. The number of carboxylic acids is 1. The van der Waals surface area contributed by atoms with Gasteiger partial charge in [0.15, 0.2) is 5.78 Å². The molecule has 0 bridgehead atoms. The van der Waals surface area contributed by atoms with Crippen LogP contribution in [0.25, 0.3) is 0 Å². The summed E-state index contributed by atoms with van der Waals surface area (Å²) in [6, 6.07) is 12.6.